The fourth-order valence-electron chi connectivity index (χ4n) is 2.99. The number of hydrogen-bond acceptors (Lipinski definition) is 10. The second kappa shape index (κ2) is 17.1. The van der Waals surface area contributed by atoms with Gasteiger partial charge >= 0.3 is 0 Å². The molecule has 0 saturated carbocycles. The molecule has 2 aromatic rings. The van der Waals surface area contributed by atoms with Crippen molar-refractivity contribution >= 4 is 0 Å². The maximum atomic E-state index is 5.91. The van der Waals surface area contributed by atoms with Crippen LogP contribution in [0.5, 0.6) is 11.5 Å². The van der Waals surface area contributed by atoms with Gasteiger partial charge in [0.15, 0.2) is 0 Å². The quantitative estimate of drug-likeness (QED) is 0.559. The van der Waals surface area contributed by atoms with Crippen LogP contribution in [0, 0.1) is 0 Å². The number of fused-ring (bicyclic) bond motifs is 3. The van der Waals surface area contributed by atoms with Crippen LogP contribution in [0.25, 0.3) is 11.4 Å². The van der Waals surface area contributed by atoms with E-state index in [1.54, 1.807) is 12.4 Å². The normalized spacial score (nSPS) is 19.1. The second-order valence-corrected chi connectivity index (χ2v) is 7.07. The van der Waals surface area contributed by atoms with E-state index in [4.69, 9.17) is 37.9 Å². The van der Waals surface area contributed by atoms with Crippen molar-refractivity contribution in [1.82, 2.24) is 9.97 Å². The van der Waals surface area contributed by atoms with E-state index < -0.39 is 0 Å². The molecular formula is C24H34N2O8. The first kappa shape index (κ1) is 26.3. The van der Waals surface area contributed by atoms with E-state index in [1.165, 1.54) is 0 Å². The highest BCUT2D eigenvalue weighted by Gasteiger charge is 2.14. The van der Waals surface area contributed by atoms with Crippen LogP contribution >= 0.6 is 0 Å². The van der Waals surface area contributed by atoms with Gasteiger partial charge in [-0.15, -0.1) is 0 Å². The first-order valence-corrected chi connectivity index (χ1v) is 11.6. The molecule has 0 aliphatic carbocycles. The average molecular weight is 479 g/mol. The van der Waals surface area contributed by atoms with Crippen LogP contribution in [-0.4, -0.2) is 102 Å². The first-order chi connectivity index (χ1) is 16.9. The Labute approximate surface area is 200 Å². The maximum absolute atomic E-state index is 5.91. The Bertz CT molecular complexity index is 730. The van der Waals surface area contributed by atoms with Crippen molar-refractivity contribution in [1.29, 1.82) is 0 Å². The Morgan fingerprint density at radius 1 is 0.412 bits per heavy atom. The lowest BCUT2D eigenvalue weighted by molar-refractivity contribution is -0.0188. The smallest absolute Gasteiger partial charge is 0.147 e. The molecule has 188 valence electrons. The highest BCUT2D eigenvalue weighted by Crippen LogP contribution is 2.32. The van der Waals surface area contributed by atoms with Crippen LogP contribution in [0.2, 0.25) is 0 Å². The van der Waals surface area contributed by atoms with Crippen LogP contribution < -0.4 is 9.47 Å². The van der Waals surface area contributed by atoms with Crippen LogP contribution in [0.3, 0.4) is 0 Å². The monoisotopic (exact) mass is 478 g/mol. The first-order valence-electron chi connectivity index (χ1n) is 11.6. The van der Waals surface area contributed by atoms with Crippen LogP contribution in [0.1, 0.15) is 0 Å². The van der Waals surface area contributed by atoms with Gasteiger partial charge in [0.25, 0.3) is 0 Å². The summed E-state index contributed by atoms with van der Waals surface area (Å²) >= 11 is 0. The largest absolute Gasteiger partial charge is 0.489 e. The van der Waals surface area contributed by atoms with Gasteiger partial charge in [0.05, 0.1) is 79.3 Å². The molecule has 34 heavy (non-hydrogen) atoms. The van der Waals surface area contributed by atoms with Gasteiger partial charge in [-0.05, 0) is 24.3 Å². The van der Waals surface area contributed by atoms with E-state index in [2.05, 4.69) is 9.97 Å². The number of rotatable bonds is 0. The fraction of sp³-hybridized carbons (Fsp3) is 0.583. The summed E-state index contributed by atoms with van der Waals surface area (Å²) in [5.74, 6) is 1.23. The molecule has 0 radical (unpaired) electrons. The molecule has 10 nitrogen and oxygen atoms in total. The van der Waals surface area contributed by atoms with Crippen molar-refractivity contribution in [2.75, 3.05) is 92.5 Å². The molecule has 3 rings (SSSR count). The van der Waals surface area contributed by atoms with E-state index in [1.807, 2.05) is 24.3 Å². The van der Waals surface area contributed by atoms with Crippen LogP contribution in [-0.2, 0) is 28.4 Å². The second-order valence-electron chi connectivity index (χ2n) is 7.07. The molecule has 0 unspecified atom stereocenters. The third-order valence-electron chi connectivity index (χ3n) is 4.60. The molecule has 10 heteroatoms. The highest BCUT2D eigenvalue weighted by atomic mass is 16.6. The Balaban J connectivity index is 1.53. The molecule has 2 aromatic heterocycles. The standard InChI is InChI=1S/C24H34N2O8/c1-3-21-23(25-5-1)24-22(4-2-6-26-24)34-20-18-32-16-14-30-12-10-28-8-7-27-9-11-29-13-15-31-17-19-33-21/h1-6H,7-20H2. The minimum absolute atomic E-state index is 0.376. The Morgan fingerprint density at radius 3 is 1.03 bits per heavy atom. The zero-order chi connectivity index (χ0) is 23.5. The van der Waals surface area contributed by atoms with Crippen LogP contribution in [0.4, 0.5) is 0 Å². The summed E-state index contributed by atoms with van der Waals surface area (Å²) in [7, 11) is 0. The molecule has 0 aromatic carbocycles. The van der Waals surface area contributed by atoms with Gasteiger partial charge in [-0.25, -0.2) is 0 Å². The molecule has 0 N–H and O–H groups in total. The van der Waals surface area contributed by atoms with Crippen molar-refractivity contribution in [3.05, 3.63) is 36.7 Å². The molecule has 0 saturated heterocycles. The molecule has 1 aliphatic rings. The predicted molar refractivity (Wildman–Crippen MR) is 123 cm³/mol. The van der Waals surface area contributed by atoms with Crippen molar-refractivity contribution in [2.24, 2.45) is 0 Å². The Hall–Kier alpha value is -2.34. The molecule has 0 fully saturated rings. The van der Waals surface area contributed by atoms with Gasteiger partial charge < -0.3 is 37.9 Å². The van der Waals surface area contributed by atoms with Crippen molar-refractivity contribution in [3.8, 4) is 22.9 Å². The highest BCUT2D eigenvalue weighted by molar-refractivity contribution is 5.68. The summed E-state index contributed by atoms with van der Waals surface area (Å²) in [6.07, 6.45) is 3.40. The number of pyridine rings is 2. The summed E-state index contributed by atoms with van der Waals surface area (Å²) in [4.78, 5) is 8.93. The van der Waals surface area contributed by atoms with E-state index in [0.29, 0.717) is 115 Å². The van der Waals surface area contributed by atoms with E-state index in [9.17, 15) is 0 Å². The molecule has 0 atom stereocenters. The third-order valence-corrected chi connectivity index (χ3v) is 4.60. The van der Waals surface area contributed by atoms with Gasteiger partial charge in [-0.1, -0.05) is 0 Å². The lowest BCUT2D eigenvalue weighted by Gasteiger charge is -2.14. The van der Waals surface area contributed by atoms with Gasteiger partial charge in [-0.3, -0.25) is 9.97 Å². The SMILES string of the molecule is c1cnc2c(c1)OCCOCCOCCOCCOCCOCCOCCOc1cccnc1-2. The molecule has 0 amide bonds. The van der Waals surface area contributed by atoms with E-state index >= 15 is 0 Å². The van der Waals surface area contributed by atoms with Gasteiger partial charge in [0, 0.05) is 12.4 Å². The Kier molecular flexibility index (Phi) is 13.2. The van der Waals surface area contributed by atoms with Crippen molar-refractivity contribution in [3.63, 3.8) is 0 Å². The van der Waals surface area contributed by atoms with E-state index in [-0.39, 0.29) is 0 Å². The zero-order valence-corrected chi connectivity index (χ0v) is 19.5. The Morgan fingerprint density at radius 2 is 0.706 bits per heavy atom. The molecule has 1 aliphatic heterocycles. The predicted octanol–water partition coefficient (Wildman–Crippen LogP) is 2.01. The molecule has 0 spiro atoms. The van der Waals surface area contributed by atoms with Crippen molar-refractivity contribution in [2.45, 2.75) is 0 Å². The zero-order valence-electron chi connectivity index (χ0n) is 19.5. The van der Waals surface area contributed by atoms with Crippen LogP contribution in [0.15, 0.2) is 36.7 Å². The summed E-state index contributed by atoms with van der Waals surface area (Å²) < 4.78 is 44.9. The minimum Gasteiger partial charge on any atom is -0.489 e. The number of ether oxygens (including phenoxy) is 8. The summed E-state index contributed by atoms with van der Waals surface area (Å²) in [5.41, 5.74) is 1.22. The summed E-state index contributed by atoms with van der Waals surface area (Å²) in [6, 6.07) is 7.35. The van der Waals surface area contributed by atoms with E-state index in [0.717, 1.165) is 0 Å². The summed E-state index contributed by atoms with van der Waals surface area (Å²) in [5, 5.41) is 0. The van der Waals surface area contributed by atoms with Gasteiger partial charge in [0.1, 0.15) is 36.1 Å². The summed E-state index contributed by atoms with van der Waals surface area (Å²) in [6.45, 7) is 6.66. The lowest BCUT2D eigenvalue weighted by Crippen LogP contribution is -2.15. The molecular weight excluding hydrogens is 444 g/mol. The number of nitrogens with zero attached hydrogens (tertiary/aromatic N) is 2. The lowest BCUT2D eigenvalue weighted by atomic mass is 10.2. The number of hydrogen-bond donors (Lipinski definition) is 0. The minimum atomic E-state index is 0.376. The molecule has 0 bridgehead atoms. The average Bonchev–Trinajstić information content (AvgIpc) is 2.87. The molecule has 3 heterocycles. The van der Waals surface area contributed by atoms with Gasteiger partial charge in [-0.2, -0.15) is 0 Å². The maximum Gasteiger partial charge on any atom is 0.147 e. The number of aromatic nitrogens is 2. The van der Waals surface area contributed by atoms with Crippen molar-refractivity contribution < 1.29 is 37.9 Å². The van der Waals surface area contributed by atoms with Gasteiger partial charge in [0.2, 0.25) is 0 Å². The third kappa shape index (κ3) is 10.3. The topological polar surface area (TPSA) is 99.6 Å². The fourth-order valence-corrected chi connectivity index (χ4v) is 2.99.